The molecule has 0 aliphatic carbocycles. The SMILES string of the molecule is COc1ccc(Cl)cc1C[NH2+]CC[NH2+]C[C@@H](C)O. The van der Waals surface area contributed by atoms with E-state index in [1.54, 1.807) is 14.0 Å². The highest BCUT2D eigenvalue weighted by atomic mass is 35.5. The van der Waals surface area contributed by atoms with Gasteiger partial charge in [-0.25, -0.2) is 0 Å². The van der Waals surface area contributed by atoms with Gasteiger partial charge in [0.25, 0.3) is 0 Å². The molecule has 0 saturated carbocycles. The van der Waals surface area contributed by atoms with E-state index in [4.69, 9.17) is 21.4 Å². The van der Waals surface area contributed by atoms with Crippen LogP contribution in [0.15, 0.2) is 18.2 Å². The highest BCUT2D eigenvalue weighted by Gasteiger charge is 2.06. The van der Waals surface area contributed by atoms with Gasteiger partial charge in [0.2, 0.25) is 0 Å². The second-order valence-electron chi connectivity index (χ2n) is 4.40. The summed E-state index contributed by atoms with van der Waals surface area (Å²) in [5.74, 6) is 0.878. The van der Waals surface area contributed by atoms with Crippen LogP contribution in [0.1, 0.15) is 12.5 Å². The molecule has 5 N–H and O–H groups in total. The van der Waals surface area contributed by atoms with Crippen molar-refractivity contribution in [1.82, 2.24) is 0 Å². The minimum atomic E-state index is -0.238. The summed E-state index contributed by atoms with van der Waals surface area (Å²) < 4.78 is 5.29. The Kier molecular flexibility index (Phi) is 7.05. The maximum absolute atomic E-state index is 9.11. The van der Waals surface area contributed by atoms with Gasteiger partial charge in [-0.15, -0.1) is 0 Å². The first-order valence-corrected chi connectivity index (χ1v) is 6.65. The number of aliphatic hydroxyl groups is 1. The third-order valence-electron chi connectivity index (χ3n) is 2.69. The second-order valence-corrected chi connectivity index (χ2v) is 4.84. The Balaban J connectivity index is 2.28. The molecule has 1 aromatic carbocycles. The fourth-order valence-corrected chi connectivity index (χ4v) is 1.95. The average Bonchev–Trinajstić information content (AvgIpc) is 2.33. The molecule has 0 aliphatic rings. The van der Waals surface area contributed by atoms with Crippen LogP contribution in [0.5, 0.6) is 5.75 Å². The highest BCUT2D eigenvalue weighted by molar-refractivity contribution is 6.30. The number of ether oxygens (including phenoxy) is 1. The topological polar surface area (TPSA) is 62.7 Å². The van der Waals surface area contributed by atoms with Gasteiger partial charge < -0.3 is 20.5 Å². The van der Waals surface area contributed by atoms with E-state index in [0.29, 0.717) is 0 Å². The van der Waals surface area contributed by atoms with Crippen LogP contribution in [0.25, 0.3) is 0 Å². The van der Waals surface area contributed by atoms with Crippen molar-refractivity contribution in [2.24, 2.45) is 0 Å². The number of aliphatic hydroxyl groups excluding tert-OH is 1. The van der Waals surface area contributed by atoms with Gasteiger partial charge in [0.15, 0.2) is 0 Å². The molecule has 0 fully saturated rings. The van der Waals surface area contributed by atoms with Crippen LogP contribution in [0.3, 0.4) is 0 Å². The van der Waals surface area contributed by atoms with E-state index in [0.717, 1.165) is 42.5 Å². The highest BCUT2D eigenvalue weighted by Crippen LogP contribution is 2.21. The summed E-state index contributed by atoms with van der Waals surface area (Å²) in [6.45, 7) is 5.41. The maximum atomic E-state index is 9.11. The fourth-order valence-electron chi connectivity index (χ4n) is 1.76. The first-order valence-electron chi connectivity index (χ1n) is 6.27. The van der Waals surface area contributed by atoms with E-state index in [2.05, 4.69) is 10.6 Å². The number of hydrogen-bond donors (Lipinski definition) is 3. The van der Waals surface area contributed by atoms with Gasteiger partial charge in [0.05, 0.1) is 13.2 Å². The molecule has 102 valence electrons. The van der Waals surface area contributed by atoms with Gasteiger partial charge >= 0.3 is 0 Å². The monoisotopic (exact) mass is 274 g/mol. The van der Waals surface area contributed by atoms with E-state index in [9.17, 15) is 0 Å². The van der Waals surface area contributed by atoms with Crippen molar-refractivity contribution in [1.29, 1.82) is 0 Å². The van der Waals surface area contributed by atoms with Crippen molar-refractivity contribution < 1.29 is 20.5 Å². The Morgan fingerprint density at radius 1 is 1.33 bits per heavy atom. The molecule has 0 spiro atoms. The van der Waals surface area contributed by atoms with E-state index < -0.39 is 0 Å². The molecule has 5 heteroatoms. The summed E-state index contributed by atoms with van der Waals surface area (Å²) >= 11 is 5.97. The molecular formula is C13H23ClN2O2+2. The van der Waals surface area contributed by atoms with Crippen LogP contribution in [0, 0.1) is 0 Å². The molecule has 0 amide bonds. The summed E-state index contributed by atoms with van der Waals surface area (Å²) in [6.07, 6.45) is -0.238. The molecule has 0 saturated heterocycles. The third-order valence-corrected chi connectivity index (χ3v) is 2.92. The summed E-state index contributed by atoms with van der Waals surface area (Å²) in [5.41, 5.74) is 1.11. The number of halogens is 1. The molecule has 1 rings (SSSR count). The molecule has 4 nitrogen and oxygen atoms in total. The van der Waals surface area contributed by atoms with Crippen molar-refractivity contribution in [3.63, 3.8) is 0 Å². The Morgan fingerprint density at radius 2 is 2.06 bits per heavy atom. The van der Waals surface area contributed by atoms with Gasteiger partial charge in [0.1, 0.15) is 31.9 Å². The second kappa shape index (κ2) is 8.32. The number of methoxy groups -OCH3 is 1. The largest absolute Gasteiger partial charge is 0.496 e. The Labute approximate surface area is 113 Å². The summed E-state index contributed by atoms with van der Waals surface area (Å²) in [7, 11) is 1.67. The van der Waals surface area contributed by atoms with Crippen LogP contribution >= 0.6 is 11.6 Å². The molecule has 0 aliphatic heterocycles. The van der Waals surface area contributed by atoms with Gasteiger partial charge in [0, 0.05) is 10.6 Å². The molecule has 18 heavy (non-hydrogen) atoms. The van der Waals surface area contributed by atoms with Gasteiger partial charge in [-0.1, -0.05) is 11.6 Å². The predicted octanol–water partition coefficient (Wildman–Crippen LogP) is -0.644. The molecule has 0 radical (unpaired) electrons. The third kappa shape index (κ3) is 5.69. The van der Waals surface area contributed by atoms with Crippen molar-refractivity contribution in [2.75, 3.05) is 26.7 Å². The predicted molar refractivity (Wildman–Crippen MR) is 71.8 cm³/mol. The van der Waals surface area contributed by atoms with Crippen molar-refractivity contribution >= 4 is 11.6 Å². The summed E-state index contributed by atoms with van der Waals surface area (Å²) in [4.78, 5) is 0. The summed E-state index contributed by atoms with van der Waals surface area (Å²) in [5, 5.41) is 14.2. The lowest BCUT2D eigenvalue weighted by Gasteiger charge is -2.08. The standard InChI is InChI=1S/C13H21ClN2O2/c1-10(17)8-15-5-6-16-9-11-7-12(14)3-4-13(11)18-2/h3-4,7,10,15-17H,5-6,8-9H2,1-2H3/p+2/t10-/m1/s1. The number of hydrogen-bond acceptors (Lipinski definition) is 2. The zero-order valence-corrected chi connectivity index (χ0v) is 11.8. The van der Waals surface area contributed by atoms with Gasteiger partial charge in [-0.2, -0.15) is 0 Å². The normalized spacial score (nSPS) is 12.4. The molecular weight excluding hydrogens is 252 g/mol. The average molecular weight is 275 g/mol. The fraction of sp³-hybridized carbons (Fsp3) is 0.538. The van der Waals surface area contributed by atoms with E-state index in [1.807, 2.05) is 18.2 Å². The van der Waals surface area contributed by atoms with Crippen LogP contribution in [0.2, 0.25) is 5.02 Å². The summed E-state index contributed by atoms with van der Waals surface area (Å²) in [6, 6.07) is 5.67. The number of benzene rings is 1. The molecule has 0 unspecified atom stereocenters. The Morgan fingerprint density at radius 3 is 2.72 bits per heavy atom. The van der Waals surface area contributed by atoms with Crippen LogP contribution < -0.4 is 15.4 Å². The Hall–Kier alpha value is -0.810. The van der Waals surface area contributed by atoms with Crippen LogP contribution in [-0.4, -0.2) is 38.0 Å². The van der Waals surface area contributed by atoms with Crippen LogP contribution in [-0.2, 0) is 6.54 Å². The van der Waals surface area contributed by atoms with Gasteiger partial charge in [-0.05, 0) is 25.1 Å². The van der Waals surface area contributed by atoms with E-state index in [-0.39, 0.29) is 6.10 Å². The lowest BCUT2D eigenvalue weighted by Crippen LogP contribution is -2.95. The quantitative estimate of drug-likeness (QED) is 0.552. The molecule has 1 aromatic rings. The molecule has 0 aromatic heterocycles. The number of quaternary nitrogens is 2. The number of rotatable bonds is 8. The van der Waals surface area contributed by atoms with Crippen LogP contribution in [0.4, 0.5) is 0 Å². The van der Waals surface area contributed by atoms with Crippen molar-refractivity contribution in [3.8, 4) is 5.75 Å². The minimum Gasteiger partial charge on any atom is -0.496 e. The number of nitrogens with two attached hydrogens (primary N) is 2. The lowest BCUT2D eigenvalue weighted by molar-refractivity contribution is -0.733. The van der Waals surface area contributed by atoms with E-state index in [1.165, 1.54) is 0 Å². The Bertz CT molecular complexity index is 359. The minimum absolute atomic E-state index is 0.238. The molecule has 0 heterocycles. The lowest BCUT2D eigenvalue weighted by atomic mass is 10.2. The van der Waals surface area contributed by atoms with E-state index >= 15 is 0 Å². The smallest absolute Gasteiger partial charge is 0.127 e. The molecule has 0 bridgehead atoms. The first-order chi connectivity index (χ1) is 8.63. The maximum Gasteiger partial charge on any atom is 0.127 e. The van der Waals surface area contributed by atoms with Crippen molar-refractivity contribution in [2.45, 2.75) is 19.6 Å². The van der Waals surface area contributed by atoms with Gasteiger partial charge in [-0.3, -0.25) is 0 Å². The molecule has 1 atom stereocenters. The zero-order valence-electron chi connectivity index (χ0n) is 11.0. The first kappa shape index (κ1) is 15.2. The zero-order chi connectivity index (χ0) is 13.4. The van der Waals surface area contributed by atoms with Crippen molar-refractivity contribution in [3.05, 3.63) is 28.8 Å².